The number of thiophene rings is 1. The topological polar surface area (TPSA) is 59.9 Å². The molecule has 7 heteroatoms. The Labute approximate surface area is 161 Å². The molecule has 0 aliphatic heterocycles. The van der Waals surface area contributed by atoms with Crippen LogP contribution in [0.5, 0.6) is 0 Å². The molecule has 0 radical (unpaired) electrons. The largest absolute Gasteiger partial charge is 0.386 e. The highest BCUT2D eigenvalue weighted by molar-refractivity contribution is 7.16. The summed E-state index contributed by atoms with van der Waals surface area (Å²) in [6.07, 6.45) is 0.425. The Morgan fingerprint density at radius 2 is 1.92 bits per heavy atom. The summed E-state index contributed by atoms with van der Waals surface area (Å²) in [6, 6.07) is 4.75. The minimum absolute atomic E-state index is 0.316. The minimum atomic E-state index is -0.620. The molecule has 1 heterocycles. The lowest BCUT2D eigenvalue weighted by atomic mass is 10.2. The molecule has 0 spiro atoms. The lowest BCUT2D eigenvalue weighted by Crippen LogP contribution is -2.41. The monoisotopic (exact) mass is 388 g/mol. The molecular formula is C18H33ClN4OS. The first-order valence-electron chi connectivity index (χ1n) is 9.06. The summed E-state index contributed by atoms with van der Waals surface area (Å²) >= 11 is 7.30. The van der Waals surface area contributed by atoms with Gasteiger partial charge in [-0.15, -0.1) is 11.3 Å². The number of aliphatic hydroxyl groups is 1. The Kier molecular flexibility index (Phi) is 10.4. The standard InChI is InChI=1S/C18H33ClN4OS/c1-6-20-18(21-10-7-11-23(13(2)3)14(4)5)22-12-15(24)16-8-9-17(19)25-16/h8-9,13-15,24H,6-7,10-12H2,1-5H3,(H2,20,21,22). The van der Waals surface area contributed by atoms with Crippen molar-refractivity contribution < 1.29 is 5.11 Å². The summed E-state index contributed by atoms with van der Waals surface area (Å²) in [4.78, 5) is 7.80. The van der Waals surface area contributed by atoms with Gasteiger partial charge in [-0.05, 0) is 53.2 Å². The highest BCUT2D eigenvalue weighted by atomic mass is 35.5. The molecule has 3 N–H and O–H groups in total. The molecule has 1 aromatic heterocycles. The summed E-state index contributed by atoms with van der Waals surface area (Å²) < 4.78 is 0.683. The quantitative estimate of drug-likeness (QED) is 0.326. The van der Waals surface area contributed by atoms with Crippen LogP contribution in [0.2, 0.25) is 4.34 Å². The summed E-state index contributed by atoms with van der Waals surface area (Å²) in [5, 5.41) is 16.8. The fourth-order valence-electron chi connectivity index (χ4n) is 2.70. The van der Waals surface area contributed by atoms with Crippen molar-refractivity contribution in [3.05, 3.63) is 21.3 Å². The van der Waals surface area contributed by atoms with Gasteiger partial charge in [0.15, 0.2) is 5.96 Å². The molecule has 1 unspecified atom stereocenters. The Hall–Kier alpha value is -0.820. The van der Waals surface area contributed by atoms with Gasteiger partial charge < -0.3 is 15.7 Å². The highest BCUT2D eigenvalue weighted by Crippen LogP contribution is 2.26. The number of guanidine groups is 1. The molecule has 1 aromatic rings. The van der Waals surface area contributed by atoms with Crippen LogP contribution in [0.1, 0.15) is 52.0 Å². The molecule has 1 rings (SSSR count). The second-order valence-electron chi connectivity index (χ2n) is 6.58. The second-order valence-corrected chi connectivity index (χ2v) is 8.33. The first-order valence-corrected chi connectivity index (χ1v) is 10.3. The number of nitrogens with one attached hydrogen (secondary N) is 2. The first-order chi connectivity index (χ1) is 11.8. The van der Waals surface area contributed by atoms with Crippen LogP contribution in [0.15, 0.2) is 17.1 Å². The molecule has 0 saturated heterocycles. The van der Waals surface area contributed by atoms with Crippen LogP contribution in [-0.4, -0.2) is 54.2 Å². The lowest BCUT2D eigenvalue weighted by molar-refractivity contribution is 0.173. The van der Waals surface area contributed by atoms with Gasteiger partial charge in [-0.25, -0.2) is 0 Å². The molecule has 1 atom stereocenters. The lowest BCUT2D eigenvalue weighted by Gasteiger charge is -2.30. The van der Waals surface area contributed by atoms with E-state index in [0.717, 1.165) is 36.9 Å². The maximum absolute atomic E-state index is 10.2. The number of rotatable bonds is 10. The number of aliphatic imine (C=N–C) groups is 1. The molecule has 0 amide bonds. The van der Waals surface area contributed by atoms with Crippen molar-refractivity contribution in [2.24, 2.45) is 4.99 Å². The zero-order chi connectivity index (χ0) is 18.8. The molecule has 0 aromatic carbocycles. The van der Waals surface area contributed by atoms with Gasteiger partial charge in [0.2, 0.25) is 0 Å². The number of hydrogen-bond acceptors (Lipinski definition) is 4. The molecule has 0 aliphatic carbocycles. The number of aliphatic hydroxyl groups excluding tert-OH is 1. The molecule has 0 saturated carbocycles. The normalized spacial score (nSPS) is 13.8. The van der Waals surface area contributed by atoms with E-state index in [0.29, 0.717) is 23.0 Å². The van der Waals surface area contributed by atoms with E-state index in [1.54, 1.807) is 6.07 Å². The molecule has 0 bridgehead atoms. The summed E-state index contributed by atoms with van der Waals surface area (Å²) in [7, 11) is 0. The third-order valence-electron chi connectivity index (χ3n) is 3.90. The van der Waals surface area contributed by atoms with Crippen molar-refractivity contribution in [1.29, 1.82) is 0 Å². The van der Waals surface area contributed by atoms with Crippen molar-refractivity contribution in [1.82, 2.24) is 15.5 Å². The van der Waals surface area contributed by atoms with Crippen molar-refractivity contribution in [2.45, 2.75) is 59.2 Å². The highest BCUT2D eigenvalue weighted by Gasteiger charge is 2.13. The van der Waals surface area contributed by atoms with Gasteiger partial charge in [-0.2, -0.15) is 0 Å². The van der Waals surface area contributed by atoms with E-state index in [-0.39, 0.29) is 0 Å². The van der Waals surface area contributed by atoms with E-state index >= 15 is 0 Å². The third kappa shape index (κ3) is 8.40. The zero-order valence-electron chi connectivity index (χ0n) is 16.1. The Balaban J connectivity index is 2.45. The fourth-order valence-corrected chi connectivity index (χ4v) is 3.74. The van der Waals surface area contributed by atoms with Crippen LogP contribution in [0.3, 0.4) is 0 Å². The van der Waals surface area contributed by atoms with Crippen LogP contribution >= 0.6 is 22.9 Å². The van der Waals surface area contributed by atoms with Crippen molar-refractivity contribution >= 4 is 28.9 Å². The van der Waals surface area contributed by atoms with Crippen molar-refractivity contribution in [2.75, 3.05) is 26.2 Å². The van der Waals surface area contributed by atoms with Gasteiger partial charge in [0, 0.05) is 36.6 Å². The van der Waals surface area contributed by atoms with Gasteiger partial charge >= 0.3 is 0 Å². The van der Waals surface area contributed by atoms with Crippen molar-refractivity contribution in [3.63, 3.8) is 0 Å². The Morgan fingerprint density at radius 1 is 1.24 bits per heavy atom. The number of halogens is 1. The average molecular weight is 389 g/mol. The van der Waals surface area contributed by atoms with Crippen LogP contribution in [-0.2, 0) is 0 Å². The van der Waals surface area contributed by atoms with E-state index in [1.807, 2.05) is 13.0 Å². The minimum Gasteiger partial charge on any atom is -0.386 e. The van der Waals surface area contributed by atoms with Crippen LogP contribution < -0.4 is 10.6 Å². The molecule has 0 fully saturated rings. The van der Waals surface area contributed by atoms with Crippen molar-refractivity contribution in [3.8, 4) is 0 Å². The maximum atomic E-state index is 10.2. The summed E-state index contributed by atoms with van der Waals surface area (Å²) in [5.41, 5.74) is 0. The third-order valence-corrected chi connectivity index (χ3v) is 5.23. The summed E-state index contributed by atoms with van der Waals surface area (Å²) in [5.74, 6) is 0.741. The average Bonchev–Trinajstić information content (AvgIpc) is 2.97. The van der Waals surface area contributed by atoms with E-state index in [9.17, 15) is 5.11 Å². The SMILES string of the molecule is CCNC(=NCC(O)c1ccc(Cl)s1)NCCCN(C(C)C)C(C)C. The predicted octanol–water partition coefficient (Wildman–Crippen LogP) is 3.50. The van der Waals surface area contributed by atoms with E-state index in [1.165, 1.54) is 11.3 Å². The first kappa shape index (κ1) is 22.2. The fraction of sp³-hybridized carbons (Fsp3) is 0.722. The predicted molar refractivity (Wildman–Crippen MR) is 110 cm³/mol. The van der Waals surface area contributed by atoms with Gasteiger partial charge in [0.1, 0.15) is 6.10 Å². The molecule has 5 nitrogen and oxygen atoms in total. The Bertz CT molecular complexity index is 511. The van der Waals surface area contributed by atoms with Crippen LogP contribution in [0, 0.1) is 0 Å². The van der Waals surface area contributed by atoms with Crippen LogP contribution in [0.4, 0.5) is 0 Å². The van der Waals surface area contributed by atoms with E-state index < -0.39 is 6.10 Å². The van der Waals surface area contributed by atoms with Gasteiger partial charge in [0.05, 0.1) is 10.9 Å². The van der Waals surface area contributed by atoms with E-state index in [2.05, 4.69) is 48.2 Å². The van der Waals surface area contributed by atoms with Gasteiger partial charge in [0.25, 0.3) is 0 Å². The number of hydrogen-bond donors (Lipinski definition) is 3. The zero-order valence-corrected chi connectivity index (χ0v) is 17.6. The molecule has 144 valence electrons. The summed E-state index contributed by atoms with van der Waals surface area (Å²) in [6.45, 7) is 14.0. The van der Waals surface area contributed by atoms with E-state index in [4.69, 9.17) is 11.6 Å². The molecule has 25 heavy (non-hydrogen) atoms. The maximum Gasteiger partial charge on any atom is 0.191 e. The number of nitrogens with zero attached hydrogens (tertiary/aromatic N) is 2. The van der Waals surface area contributed by atoms with Gasteiger partial charge in [-0.1, -0.05) is 11.6 Å². The van der Waals surface area contributed by atoms with Crippen LogP contribution in [0.25, 0.3) is 0 Å². The second kappa shape index (κ2) is 11.7. The molecular weight excluding hydrogens is 356 g/mol. The Morgan fingerprint density at radius 3 is 2.44 bits per heavy atom. The smallest absolute Gasteiger partial charge is 0.191 e. The molecule has 0 aliphatic rings. The van der Waals surface area contributed by atoms with Gasteiger partial charge in [-0.3, -0.25) is 9.89 Å².